The van der Waals surface area contributed by atoms with Crippen molar-refractivity contribution >= 4 is 11.4 Å². The molecular weight excluding hydrogens is 385 g/mol. The summed E-state index contributed by atoms with van der Waals surface area (Å²) in [5, 5.41) is 10.7. The molecule has 156 valence electrons. The maximum Gasteiger partial charge on any atom is 0.410 e. The van der Waals surface area contributed by atoms with Gasteiger partial charge in [-0.2, -0.15) is 18.3 Å². The van der Waals surface area contributed by atoms with Gasteiger partial charge in [-0.3, -0.25) is 0 Å². The predicted molar refractivity (Wildman–Crippen MR) is 103 cm³/mol. The molecule has 29 heavy (non-hydrogen) atoms. The highest BCUT2D eigenvalue weighted by Gasteiger charge is 2.46. The molecule has 0 saturated carbocycles. The lowest BCUT2D eigenvalue weighted by Gasteiger charge is -2.33. The van der Waals surface area contributed by atoms with E-state index >= 15 is 0 Å². The van der Waals surface area contributed by atoms with Gasteiger partial charge in [0.2, 0.25) is 0 Å². The number of nitrogens with zero attached hydrogens (tertiary/aromatic N) is 2. The molecule has 0 radical (unpaired) electrons. The summed E-state index contributed by atoms with van der Waals surface area (Å²) >= 11 is 0. The number of hydrogen-bond donors (Lipinski definition) is 2. The van der Waals surface area contributed by atoms with E-state index in [4.69, 9.17) is 9.47 Å². The Hall–Kier alpha value is -2.68. The van der Waals surface area contributed by atoms with E-state index in [0.29, 0.717) is 35.1 Å². The molecular formula is C20H23F3N4O2. The van der Waals surface area contributed by atoms with E-state index < -0.39 is 18.3 Å². The van der Waals surface area contributed by atoms with E-state index in [-0.39, 0.29) is 6.42 Å². The van der Waals surface area contributed by atoms with Crippen molar-refractivity contribution in [2.24, 2.45) is 0 Å². The molecule has 3 heterocycles. The molecule has 2 aliphatic rings. The van der Waals surface area contributed by atoms with Crippen LogP contribution in [-0.2, 0) is 0 Å². The molecule has 1 aromatic heterocycles. The van der Waals surface area contributed by atoms with Crippen molar-refractivity contribution in [3.05, 3.63) is 41.6 Å². The number of halogens is 3. The van der Waals surface area contributed by atoms with Crippen LogP contribution in [0.4, 0.5) is 19.0 Å². The second-order valence-corrected chi connectivity index (χ2v) is 7.15. The van der Waals surface area contributed by atoms with Crippen molar-refractivity contribution in [1.29, 1.82) is 0 Å². The number of anilines is 1. The van der Waals surface area contributed by atoms with Gasteiger partial charge in [0, 0.05) is 19.0 Å². The molecule has 0 saturated heterocycles. The first-order valence-electron chi connectivity index (χ1n) is 9.45. The van der Waals surface area contributed by atoms with Crippen molar-refractivity contribution < 1.29 is 22.6 Å². The monoisotopic (exact) mass is 408 g/mol. The van der Waals surface area contributed by atoms with Gasteiger partial charge in [0.25, 0.3) is 0 Å². The van der Waals surface area contributed by atoms with Crippen molar-refractivity contribution in [3.63, 3.8) is 0 Å². The smallest absolute Gasteiger partial charge is 0.410 e. The van der Waals surface area contributed by atoms with Crippen LogP contribution >= 0.6 is 0 Å². The van der Waals surface area contributed by atoms with Gasteiger partial charge in [0.05, 0.1) is 26.0 Å². The predicted octanol–water partition coefficient (Wildman–Crippen LogP) is 3.94. The lowest BCUT2D eigenvalue weighted by molar-refractivity contribution is -0.173. The maximum atomic E-state index is 13.9. The SMILES string of the molecule is COc1ccc(C2CC(C(F)(F)F)n3nc(C4=CCNCC4)cc3N2)cc1OC. The molecule has 1 aromatic carbocycles. The van der Waals surface area contributed by atoms with Crippen LogP contribution in [0.1, 0.15) is 36.2 Å². The normalized spacial score (nSPS) is 21.8. The van der Waals surface area contributed by atoms with Crippen LogP contribution in [-0.4, -0.2) is 43.3 Å². The summed E-state index contributed by atoms with van der Waals surface area (Å²) in [6.45, 7) is 1.49. The van der Waals surface area contributed by atoms with Crippen molar-refractivity contribution in [1.82, 2.24) is 15.1 Å². The largest absolute Gasteiger partial charge is 0.493 e. The Labute approximate surface area is 166 Å². The van der Waals surface area contributed by atoms with Crippen LogP contribution in [0.25, 0.3) is 5.57 Å². The highest BCUT2D eigenvalue weighted by Crippen LogP contribution is 2.45. The van der Waals surface area contributed by atoms with Gasteiger partial charge < -0.3 is 20.1 Å². The Morgan fingerprint density at radius 2 is 1.93 bits per heavy atom. The number of alkyl halides is 3. The van der Waals surface area contributed by atoms with E-state index in [0.717, 1.165) is 23.2 Å². The third-order valence-electron chi connectivity index (χ3n) is 5.39. The minimum atomic E-state index is -4.41. The molecule has 0 aliphatic carbocycles. The zero-order valence-electron chi connectivity index (χ0n) is 16.2. The Morgan fingerprint density at radius 1 is 1.14 bits per heavy atom. The summed E-state index contributed by atoms with van der Waals surface area (Å²) in [5.41, 5.74) is 2.26. The summed E-state index contributed by atoms with van der Waals surface area (Å²) in [4.78, 5) is 0. The van der Waals surface area contributed by atoms with Gasteiger partial charge in [0.1, 0.15) is 5.82 Å². The van der Waals surface area contributed by atoms with Crippen LogP contribution in [0.2, 0.25) is 0 Å². The number of hydrogen-bond acceptors (Lipinski definition) is 5. The van der Waals surface area contributed by atoms with E-state index in [1.165, 1.54) is 14.2 Å². The third-order valence-corrected chi connectivity index (χ3v) is 5.39. The summed E-state index contributed by atoms with van der Waals surface area (Å²) in [6.07, 6.45) is -1.84. The molecule has 6 nitrogen and oxygen atoms in total. The first kappa shape index (κ1) is 19.6. The second-order valence-electron chi connectivity index (χ2n) is 7.15. The number of aromatic nitrogens is 2. The van der Waals surface area contributed by atoms with E-state index in [2.05, 4.69) is 15.7 Å². The number of benzene rings is 1. The van der Waals surface area contributed by atoms with Crippen LogP contribution in [0.15, 0.2) is 30.3 Å². The first-order valence-corrected chi connectivity index (χ1v) is 9.45. The average molecular weight is 408 g/mol. The number of ether oxygens (including phenoxy) is 2. The fraction of sp³-hybridized carbons (Fsp3) is 0.450. The molecule has 0 amide bonds. The molecule has 9 heteroatoms. The Morgan fingerprint density at radius 3 is 2.59 bits per heavy atom. The standard InChI is InChI=1S/C20H23F3N4O2/c1-28-16-4-3-13(9-17(16)29-2)14-10-18(20(21,22)23)27-19(25-14)11-15(26-27)12-5-7-24-8-6-12/h3-5,9,11,14,18,24-25H,6-8,10H2,1-2H3. The van der Waals surface area contributed by atoms with Crippen LogP contribution < -0.4 is 20.1 Å². The lowest BCUT2D eigenvalue weighted by atomic mass is 9.96. The van der Waals surface area contributed by atoms with Crippen molar-refractivity contribution in [2.75, 3.05) is 32.6 Å². The summed E-state index contributed by atoms with van der Waals surface area (Å²) in [7, 11) is 3.02. The van der Waals surface area contributed by atoms with Crippen LogP contribution in [0.5, 0.6) is 11.5 Å². The van der Waals surface area contributed by atoms with E-state index in [9.17, 15) is 13.2 Å². The third kappa shape index (κ3) is 3.78. The molecule has 2 aliphatic heterocycles. The highest BCUT2D eigenvalue weighted by molar-refractivity contribution is 5.66. The minimum absolute atomic E-state index is 0.159. The van der Waals surface area contributed by atoms with E-state index in [1.54, 1.807) is 24.3 Å². The summed E-state index contributed by atoms with van der Waals surface area (Å²) < 4.78 is 53.2. The molecule has 2 N–H and O–H groups in total. The minimum Gasteiger partial charge on any atom is -0.493 e. The first-order chi connectivity index (χ1) is 13.9. The molecule has 4 rings (SSSR count). The zero-order chi connectivity index (χ0) is 20.6. The molecule has 0 bridgehead atoms. The molecule has 2 unspecified atom stereocenters. The highest BCUT2D eigenvalue weighted by atomic mass is 19.4. The van der Waals surface area contributed by atoms with Gasteiger partial charge in [-0.25, -0.2) is 4.68 Å². The average Bonchev–Trinajstić information content (AvgIpc) is 3.16. The molecule has 0 spiro atoms. The van der Waals surface area contributed by atoms with Gasteiger partial charge in [-0.1, -0.05) is 12.1 Å². The number of methoxy groups -OCH3 is 2. The topological polar surface area (TPSA) is 60.3 Å². The van der Waals surface area contributed by atoms with Gasteiger partial charge in [0.15, 0.2) is 17.5 Å². The number of nitrogens with one attached hydrogen (secondary N) is 2. The molecule has 0 fully saturated rings. The lowest BCUT2D eigenvalue weighted by Crippen LogP contribution is -2.35. The van der Waals surface area contributed by atoms with Crippen molar-refractivity contribution in [2.45, 2.75) is 31.1 Å². The fourth-order valence-corrected chi connectivity index (χ4v) is 3.87. The number of rotatable bonds is 4. The Kier molecular flexibility index (Phi) is 5.16. The van der Waals surface area contributed by atoms with Gasteiger partial charge in [-0.05, 0) is 36.2 Å². The maximum absolute atomic E-state index is 13.9. The van der Waals surface area contributed by atoms with Crippen LogP contribution in [0.3, 0.4) is 0 Å². The second kappa shape index (κ2) is 7.62. The fourth-order valence-electron chi connectivity index (χ4n) is 3.87. The van der Waals surface area contributed by atoms with Crippen LogP contribution in [0, 0.1) is 0 Å². The zero-order valence-corrected chi connectivity index (χ0v) is 16.2. The Bertz CT molecular complexity index is 923. The molecule has 2 aromatic rings. The van der Waals surface area contributed by atoms with Gasteiger partial charge >= 0.3 is 6.18 Å². The summed E-state index contributed by atoms with van der Waals surface area (Å²) in [6, 6.07) is 4.66. The quantitative estimate of drug-likeness (QED) is 0.803. The van der Waals surface area contributed by atoms with Gasteiger partial charge in [-0.15, -0.1) is 0 Å². The molecule has 2 atom stereocenters. The summed E-state index contributed by atoms with van der Waals surface area (Å²) in [5.74, 6) is 1.38. The number of fused-ring (bicyclic) bond motifs is 1. The van der Waals surface area contributed by atoms with Crippen molar-refractivity contribution in [3.8, 4) is 11.5 Å². The van der Waals surface area contributed by atoms with E-state index in [1.807, 2.05) is 6.08 Å². The Balaban J connectivity index is 1.71.